The average Bonchev–Trinajstić information content (AvgIpc) is 2.47. The Labute approximate surface area is 113 Å². The number of hydrogen-bond acceptors (Lipinski definition) is 2. The molecule has 1 heterocycles. The lowest BCUT2D eigenvalue weighted by Gasteiger charge is -2.30. The highest BCUT2D eigenvalue weighted by Crippen LogP contribution is 2.31. The SMILES string of the molecule is O=Cc1cc2c(n(C3CCCCC3)c1=O)CCCC2. The maximum Gasteiger partial charge on any atom is 0.261 e. The van der Waals surface area contributed by atoms with Crippen LogP contribution in [0.1, 0.15) is 72.6 Å². The highest BCUT2D eigenvalue weighted by Gasteiger charge is 2.24. The van der Waals surface area contributed by atoms with Crippen LogP contribution < -0.4 is 5.56 Å². The molecule has 0 unspecified atom stereocenters. The second kappa shape index (κ2) is 5.32. The fraction of sp³-hybridized carbons (Fsp3) is 0.625. The van der Waals surface area contributed by atoms with Crippen LogP contribution in [-0.4, -0.2) is 10.9 Å². The second-order valence-electron chi connectivity index (χ2n) is 5.86. The van der Waals surface area contributed by atoms with Gasteiger partial charge in [-0.15, -0.1) is 0 Å². The van der Waals surface area contributed by atoms with Gasteiger partial charge in [0.05, 0.1) is 5.56 Å². The summed E-state index contributed by atoms with van der Waals surface area (Å²) in [5.41, 5.74) is 2.75. The molecule has 0 saturated heterocycles. The van der Waals surface area contributed by atoms with Crippen LogP contribution >= 0.6 is 0 Å². The van der Waals surface area contributed by atoms with Gasteiger partial charge in [0, 0.05) is 11.7 Å². The van der Waals surface area contributed by atoms with Crippen molar-refractivity contribution in [3.05, 3.63) is 33.2 Å². The normalized spacial score (nSPS) is 20.0. The molecule has 0 N–H and O–H groups in total. The van der Waals surface area contributed by atoms with E-state index in [4.69, 9.17) is 0 Å². The minimum Gasteiger partial charge on any atom is -0.309 e. The summed E-state index contributed by atoms with van der Waals surface area (Å²) in [7, 11) is 0. The van der Waals surface area contributed by atoms with Gasteiger partial charge in [-0.2, -0.15) is 0 Å². The third-order valence-corrected chi connectivity index (χ3v) is 4.63. The van der Waals surface area contributed by atoms with Gasteiger partial charge in [0.1, 0.15) is 0 Å². The molecule has 0 bridgehead atoms. The summed E-state index contributed by atoms with van der Waals surface area (Å²) in [6.45, 7) is 0. The number of carbonyl (C=O) groups is 1. The largest absolute Gasteiger partial charge is 0.309 e. The molecule has 3 nitrogen and oxygen atoms in total. The predicted octanol–water partition coefficient (Wildman–Crippen LogP) is 3.04. The molecule has 1 aromatic heterocycles. The van der Waals surface area contributed by atoms with E-state index < -0.39 is 0 Å². The third-order valence-electron chi connectivity index (χ3n) is 4.63. The molecule has 0 spiro atoms. The number of aryl methyl sites for hydroxylation is 1. The predicted molar refractivity (Wildman–Crippen MR) is 74.9 cm³/mol. The molecule has 0 atom stereocenters. The number of pyridine rings is 1. The second-order valence-corrected chi connectivity index (χ2v) is 5.86. The van der Waals surface area contributed by atoms with Crippen molar-refractivity contribution in [2.75, 3.05) is 0 Å². The molecule has 3 rings (SSSR count). The molecule has 1 saturated carbocycles. The van der Waals surface area contributed by atoms with Crippen molar-refractivity contribution in [1.29, 1.82) is 0 Å². The van der Waals surface area contributed by atoms with Gasteiger partial charge in [0.2, 0.25) is 0 Å². The molecular formula is C16H21NO2. The zero-order chi connectivity index (χ0) is 13.2. The third kappa shape index (κ3) is 2.26. The van der Waals surface area contributed by atoms with Crippen LogP contribution in [0.15, 0.2) is 10.9 Å². The maximum absolute atomic E-state index is 12.5. The van der Waals surface area contributed by atoms with E-state index in [2.05, 4.69) is 0 Å². The van der Waals surface area contributed by atoms with Gasteiger partial charge in [-0.05, 0) is 50.2 Å². The highest BCUT2D eigenvalue weighted by molar-refractivity contribution is 5.74. The molecule has 102 valence electrons. The van der Waals surface area contributed by atoms with E-state index in [-0.39, 0.29) is 5.56 Å². The molecule has 0 radical (unpaired) electrons. The van der Waals surface area contributed by atoms with Gasteiger partial charge < -0.3 is 4.57 Å². The molecule has 2 aliphatic carbocycles. The summed E-state index contributed by atoms with van der Waals surface area (Å²) in [5.74, 6) is 0. The Morgan fingerprint density at radius 2 is 1.79 bits per heavy atom. The lowest BCUT2D eigenvalue weighted by Crippen LogP contribution is -2.33. The van der Waals surface area contributed by atoms with E-state index in [0.29, 0.717) is 11.6 Å². The summed E-state index contributed by atoms with van der Waals surface area (Å²) in [6, 6.07) is 2.16. The number of carbonyl (C=O) groups excluding carboxylic acids is 1. The summed E-state index contributed by atoms with van der Waals surface area (Å²) in [5, 5.41) is 0. The van der Waals surface area contributed by atoms with Crippen LogP contribution in [0, 0.1) is 0 Å². The summed E-state index contributed by atoms with van der Waals surface area (Å²) in [6.07, 6.45) is 11.0. The first-order valence-corrected chi connectivity index (χ1v) is 7.53. The summed E-state index contributed by atoms with van der Waals surface area (Å²) >= 11 is 0. The van der Waals surface area contributed by atoms with Gasteiger partial charge >= 0.3 is 0 Å². The maximum atomic E-state index is 12.5. The van der Waals surface area contributed by atoms with Crippen LogP contribution in [0.3, 0.4) is 0 Å². The molecule has 1 fully saturated rings. The van der Waals surface area contributed by atoms with Crippen molar-refractivity contribution in [2.24, 2.45) is 0 Å². The molecule has 3 heteroatoms. The van der Waals surface area contributed by atoms with Crippen LogP contribution in [0.25, 0.3) is 0 Å². The Morgan fingerprint density at radius 3 is 2.53 bits per heavy atom. The Bertz CT molecular complexity index is 538. The Hall–Kier alpha value is -1.38. The zero-order valence-corrected chi connectivity index (χ0v) is 11.4. The van der Waals surface area contributed by atoms with E-state index in [9.17, 15) is 9.59 Å². The smallest absolute Gasteiger partial charge is 0.261 e. The summed E-state index contributed by atoms with van der Waals surface area (Å²) < 4.78 is 1.98. The van der Waals surface area contributed by atoms with Crippen LogP contribution in [0.5, 0.6) is 0 Å². The Kier molecular flexibility index (Phi) is 3.54. The monoisotopic (exact) mass is 259 g/mol. The average molecular weight is 259 g/mol. The van der Waals surface area contributed by atoms with Crippen molar-refractivity contribution < 1.29 is 4.79 Å². The van der Waals surface area contributed by atoms with Gasteiger partial charge in [-0.25, -0.2) is 0 Å². The first kappa shape index (κ1) is 12.6. The molecule has 19 heavy (non-hydrogen) atoms. The first-order valence-electron chi connectivity index (χ1n) is 7.53. The van der Waals surface area contributed by atoms with Gasteiger partial charge in [0.25, 0.3) is 5.56 Å². The fourth-order valence-corrected chi connectivity index (χ4v) is 3.66. The molecule has 2 aliphatic rings. The standard InChI is InChI=1S/C16H21NO2/c18-11-13-10-12-6-4-5-9-15(12)17(16(13)19)14-7-2-1-3-8-14/h10-11,14H,1-9H2. The molecule has 1 aromatic rings. The number of aldehydes is 1. The quantitative estimate of drug-likeness (QED) is 0.766. The molecule has 0 aliphatic heterocycles. The van der Waals surface area contributed by atoms with Crippen molar-refractivity contribution >= 4 is 6.29 Å². The number of aromatic nitrogens is 1. The minimum absolute atomic E-state index is 0.0532. The van der Waals surface area contributed by atoms with Gasteiger partial charge in [-0.1, -0.05) is 19.3 Å². The molecule has 0 aromatic carbocycles. The Morgan fingerprint density at radius 1 is 1.05 bits per heavy atom. The summed E-state index contributed by atoms with van der Waals surface area (Å²) in [4.78, 5) is 23.6. The van der Waals surface area contributed by atoms with Crippen LogP contribution in [0.2, 0.25) is 0 Å². The molecule has 0 amide bonds. The first-order chi connectivity index (χ1) is 9.31. The van der Waals surface area contributed by atoms with Crippen molar-refractivity contribution in [3.63, 3.8) is 0 Å². The number of rotatable bonds is 2. The number of nitrogens with zero attached hydrogens (tertiary/aromatic N) is 1. The lowest BCUT2D eigenvalue weighted by atomic mass is 9.90. The minimum atomic E-state index is -0.0532. The van der Waals surface area contributed by atoms with E-state index in [0.717, 1.165) is 32.0 Å². The van der Waals surface area contributed by atoms with E-state index in [1.165, 1.54) is 43.4 Å². The van der Waals surface area contributed by atoms with E-state index in [1.54, 1.807) is 0 Å². The molecular weight excluding hydrogens is 238 g/mol. The van der Waals surface area contributed by atoms with Crippen LogP contribution in [0.4, 0.5) is 0 Å². The van der Waals surface area contributed by atoms with Crippen molar-refractivity contribution in [2.45, 2.75) is 63.8 Å². The Balaban J connectivity index is 2.13. The van der Waals surface area contributed by atoms with Gasteiger partial charge in [0.15, 0.2) is 6.29 Å². The fourth-order valence-electron chi connectivity index (χ4n) is 3.66. The topological polar surface area (TPSA) is 39.1 Å². The highest BCUT2D eigenvalue weighted by atomic mass is 16.1. The van der Waals surface area contributed by atoms with E-state index in [1.807, 2.05) is 10.6 Å². The van der Waals surface area contributed by atoms with Crippen LogP contribution in [-0.2, 0) is 12.8 Å². The van der Waals surface area contributed by atoms with Crippen molar-refractivity contribution in [3.8, 4) is 0 Å². The number of fused-ring (bicyclic) bond motifs is 1. The zero-order valence-electron chi connectivity index (χ0n) is 11.4. The van der Waals surface area contributed by atoms with Gasteiger partial charge in [-0.3, -0.25) is 9.59 Å². The van der Waals surface area contributed by atoms with E-state index >= 15 is 0 Å². The lowest BCUT2D eigenvalue weighted by molar-refractivity contribution is 0.112. The van der Waals surface area contributed by atoms with Crippen molar-refractivity contribution in [1.82, 2.24) is 4.57 Å². The number of hydrogen-bond donors (Lipinski definition) is 0.